The van der Waals surface area contributed by atoms with E-state index in [1.807, 2.05) is 41.3 Å². The SMILES string of the molecule is COc1cccc(N2CC(C(=O)N3CCN(c4ccc(-c5noc(C)n5)cn4)CC3)CC2=O)c1. The highest BCUT2D eigenvalue weighted by molar-refractivity contribution is 6.00. The lowest BCUT2D eigenvalue weighted by Crippen LogP contribution is -2.51. The number of amides is 2. The highest BCUT2D eigenvalue weighted by atomic mass is 16.5. The van der Waals surface area contributed by atoms with Gasteiger partial charge in [0.1, 0.15) is 11.6 Å². The number of carbonyl (C=O) groups is 2. The predicted molar refractivity (Wildman–Crippen MR) is 125 cm³/mol. The smallest absolute Gasteiger partial charge is 0.228 e. The summed E-state index contributed by atoms with van der Waals surface area (Å²) in [6.45, 7) is 4.69. The van der Waals surface area contributed by atoms with Crippen molar-refractivity contribution in [1.82, 2.24) is 20.0 Å². The second-order valence-electron chi connectivity index (χ2n) is 8.46. The molecule has 1 aromatic carbocycles. The maximum absolute atomic E-state index is 13.2. The Kier molecular flexibility index (Phi) is 5.87. The van der Waals surface area contributed by atoms with Crippen molar-refractivity contribution in [3.05, 3.63) is 48.5 Å². The molecule has 0 spiro atoms. The second-order valence-corrected chi connectivity index (χ2v) is 8.46. The molecular formula is C24H26N6O4. The molecule has 3 aromatic rings. The van der Waals surface area contributed by atoms with E-state index >= 15 is 0 Å². The molecule has 4 heterocycles. The van der Waals surface area contributed by atoms with Gasteiger partial charge in [0.15, 0.2) is 0 Å². The van der Waals surface area contributed by atoms with Gasteiger partial charge in [0.2, 0.25) is 23.5 Å². The normalized spacial score (nSPS) is 18.5. The summed E-state index contributed by atoms with van der Waals surface area (Å²) in [5.74, 6) is 2.22. The van der Waals surface area contributed by atoms with Crippen LogP contribution in [0.5, 0.6) is 5.75 Å². The molecular weight excluding hydrogens is 436 g/mol. The van der Waals surface area contributed by atoms with Crippen molar-refractivity contribution in [2.75, 3.05) is 49.6 Å². The molecule has 0 N–H and O–H groups in total. The van der Waals surface area contributed by atoms with Gasteiger partial charge in [0, 0.05) is 69.6 Å². The number of methoxy groups -OCH3 is 1. The second kappa shape index (κ2) is 9.12. The van der Waals surface area contributed by atoms with Crippen LogP contribution >= 0.6 is 0 Å². The van der Waals surface area contributed by atoms with Gasteiger partial charge in [-0.3, -0.25) is 9.59 Å². The molecule has 0 saturated carbocycles. The maximum Gasteiger partial charge on any atom is 0.228 e. The van der Waals surface area contributed by atoms with Gasteiger partial charge in [0.05, 0.1) is 13.0 Å². The van der Waals surface area contributed by atoms with E-state index in [4.69, 9.17) is 9.26 Å². The summed E-state index contributed by atoms with van der Waals surface area (Å²) in [4.78, 5) is 40.2. The zero-order valence-electron chi connectivity index (χ0n) is 19.2. The van der Waals surface area contributed by atoms with Crippen LogP contribution in [-0.2, 0) is 9.59 Å². The average Bonchev–Trinajstić information content (AvgIpc) is 3.49. The molecule has 0 bridgehead atoms. The number of anilines is 2. The number of pyridine rings is 1. The van der Waals surface area contributed by atoms with Gasteiger partial charge in [-0.15, -0.1) is 0 Å². The molecule has 5 rings (SSSR count). The van der Waals surface area contributed by atoms with Crippen LogP contribution in [0.2, 0.25) is 0 Å². The van der Waals surface area contributed by atoms with Gasteiger partial charge in [-0.1, -0.05) is 11.2 Å². The Morgan fingerprint density at radius 1 is 1.15 bits per heavy atom. The molecule has 1 unspecified atom stereocenters. The summed E-state index contributed by atoms with van der Waals surface area (Å²) in [6, 6.07) is 11.2. The van der Waals surface area contributed by atoms with E-state index in [0.29, 0.717) is 50.2 Å². The Morgan fingerprint density at radius 3 is 2.65 bits per heavy atom. The Balaban J connectivity index is 1.18. The van der Waals surface area contributed by atoms with Gasteiger partial charge >= 0.3 is 0 Å². The molecule has 2 fully saturated rings. The number of aromatic nitrogens is 3. The minimum absolute atomic E-state index is 0.0358. The molecule has 2 saturated heterocycles. The van der Waals surface area contributed by atoms with Gasteiger partial charge in [-0.05, 0) is 24.3 Å². The van der Waals surface area contributed by atoms with Crippen LogP contribution in [-0.4, -0.2) is 71.7 Å². The number of benzene rings is 1. The van der Waals surface area contributed by atoms with Crippen molar-refractivity contribution in [1.29, 1.82) is 0 Å². The fourth-order valence-corrected chi connectivity index (χ4v) is 4.44. The number of hydrogen-bond acceptors (Lipinski definition) is 8. The van der Waals surface area contributed by atoms with E-state index in [1.54, 1.807) is 25.1 Å². The van der Waals surface area contributed by atoms with E-state index in [-0.39, 0.29) is 24.2 Å². The summed E-state index contributed by atoms with van der Waals surface area (Å²) in [5, 5.41) is 3.92. The third-order valence-corrected chi connectivity index (χ3v) is 6.29. The van der Waals surface area contributed by atoms with E-state index in [1.165, 1.54) is 0 Å². The molecule has 1 atom stereocenters. The monoisotopic (exact) mass is 462 g/mol. The Bertz CT molecular complexity index is 1190. The first-order valence-electron chi connectivity index (χ1n) is 11.3. The van der Waals surface area contributed by atoms with Crippen molar-refractivity contribution >= 4 is 23.3 Å². The first-order valence-corrected chi connectivity index (χ1v) is 11.3. The summed E-state index contributed by atoms with van der Waals surface area (Å²) in [7, 11) is 1.59. The van der Waals surface area contributed by atoms with Crippen molar-refractivity contribution in [3.63, 3.8) is 0 Å². The highest BCUT2D eigenvalue weighted by Gasteiger charge is 2.38. The highest BCUT2D eigenvalue weighted by Crippen LogP contribution is 2.29. The zero-order chi connectivity index (χ0) is 23.7. The van der Waals surface area contributed by atoms with Gasteiger partial charge in [-0.25, -0.2) is 4.98 Å². The number of rotatable bonds is 5. The largest absolute Gasteiger partial charge is 0.497 e. The summed E-state index contributed by atoms with van der Waals surface area (Å²) >= 11 is 0. The number of ether oxygens (including phenoxy) is 1. The molecule has 10 heteroatoms. The minimum atomic E-state index is -0.332. The van der Waals surface area contributed by atoms with E-state index in [9.17, 15) is 9.59 Å². The lowest BCUT2D eigenvalue weighted by molar-refractivity contribution is -0.136. The molecule has 34 heavy (non-hydrogen) atoms. The first kappa shape index (κ1) is 21.9. The molecule has 2 aliphatic heterocycles. The standard InChI is InChI=1S/C24H26N6O4/c1-16-26-23(27-34-16)17-6-7-21(25-14-17)28-8-10-29(11-9-28)24(32)18-12-22(31)30(15-18)19-4-3-5-20(13-19)33-2/h3-7,13-14,18H,8-12,15H2,1-2H3. The summed E-state index contributed by atoms with van der Waals surface area (Å²) < 4.78 is 10.3. The van der Waals surface area contributed by atoms with Crippen molar-refractivity contribution in [2.24, 2.45) is 5.92 Å². The van der Waals surface area contributed by atoms with Crippen LogP contribution in [0, 0.1) is 12.8 Å². The minimum Gasteiger partial charge on any atom is -0.497 e. The third-order valence-electron chi connectivity index (χ3n) is 6.29. The van der Waals surface area contributed by atoms with Gasteiger partial charge in [0.25, 0.3) is 0 Å². The first-order chi connectivity index (χ1) is 16.5. The maximum atomic E-state index is 13.2. The van der Waals surface area contributed by atoms with Crippen LogP contribution < -0.4 is 14.5 Å². The molecule has 0 aliphatic carbocycles. The quantitative estimate of drug-likeness (QED) is 0.568. The van der Waals surface area contributed by atoms with E-state index in [2.05, 4.69) is 20.0 Å². The van der Waals surface area contributed by atoms with Crippen LogP contribution in [0.3, 0.4) is 0 Å². The zero-order valence-corrected chi connectivity index (χ0v) is 19.2. The fraction of sp³-hybridized carbons (Fsp3) is 0.375. The Hall–Kier alpha value is -3.95. The fourth-order valence-electron chi connectivity index (χ4n) is 4.44. The third kappa shape index (κ3) is 4.30. The molecule has 0 radical (unpaired) electrons. The van der Waals surface area contributed by atoms with Crippen molar-refractivity contribution in [3.8, 4) is 17.1 Å². The lowest BCUT2D eigenvalue weighted by Gasteiger charge is -2.36. The molecule has 2 aromatic heterocycles. The Morgan fingerprint density at radius 2 is 1.97 bits per heavy atom. The molecule has 176 valence electrons. The summed E-state index contributed by atoms with van der Waals surface area (Å²) in [6.07, 6.45) is 1.96. The van der Waals surface area contributed by atoms with Crippen molar-refractivity contribution < 1.29 is 18.8 Å². The van der Waals surface area contributed by atoms with Gasteiger partial charge in [-0.2, -0.15) is 4.98 Å². The van der Waals surface area contributed by atoms with Crippen LogP contribution in [0.15, 0.2) is 47.1 Å². The molecule has 10 nitrogen and oxygen atoms in total. The van der Waals surface area contributed by atoms with Crippen LogP contribution in [0.4, 0.5) is 11.5 Å². The lowest BCUT2D eigenvalue weighted by atomic mass is 10.1. The van der Waals surface area contributed by atoms with Gasteiger partial charge < -0.3 is 24.0 Å². The topological polar surface area (TPSA) is 105 Å². The number of nitrogens with zero attached hydrogens (tertiary/aromatic N) is 6. The average molecular weight is 463 g/mol. The molecule has 2 amide bonds. The number of aryl methyl sites for hydroxylation is 1. The van der Waals surface area contributed by atoms with E-state index in [0.717, 1.165) is 17.1 Å². The van der Waals surface area contributed by atoms with Crippen molar-refractivity contribution in [2.45, 2.75) is 13.3 Å². The van der Waals surface area contributed by atoms with Crippen LogP contribution in [0.25, 0.3) is 11.4 Å². The Labute approximate surface area is 197 Å². The summed E-state index contributed by atoms with van der Waals surface area (Å²) in [5.41, 5.74) is 1.55. The van der Waals surface area contributed by atoms with Crippen LogP contribution in [0.1, 0.15) is 12.3 Å². The molecule has 2 aliphatic rings. The van der Waals surface area contributed by atoms with E-state index < -0.39 is 0 Å². The predicted octanol–water partition coefficient (Wildman–Crippen LogP) is 2.15. The number of carbonyl (C=O) groups excluding carboxylic acids is 2. The number of hydrogen-bond donors (Lipinski definition) is 0. The number of piperazine rings is 1.